The van der Waals surface area contributed by atoms with Crippen molar-refractivity contribution in [3.05, 3.63) is 94.8 Å². The number of amides is 1. The van der Waals surface area contributed by atoms with E-state index < -0.39 is 5.91 Å². The van der Waals surface area contributed by atoms with E-state index in [1.54, 1.807) is 42.5 Å². The standard InChI is InChI=1S/C25H18N4O4/c26-23(30)15-32-20-11-5-2-8-17(20)14-27-29-24(22-13-16-7-1-6-12-21(16)33-22)28-19-10-4-3-9-18(19)25(29)31/h1-14H,15H2,(H2,26,30)/b27-14+. The molecule has 0 unspecified atom stereocenters. The zero-order chi connectivity index (χ0) is 22.8. The first-order valence-corrected chi connectivity index (χ1v) is 10.2. The highest BCUT2D eigenvalue weighted by Gasteiger charge is 2.16. The maximum atomic E-state index is 13.3. The van der Waals surface area contributed by atoms with Crippen molar-refractivity contribution in [3.63, 3.8) is 0 Å². The van der Waals surface area contributed by atoms with E-state index in [0.717, 1.165) is 5.39 Å². The molecule has 0 saturated carbocycles. The molecule has 0 radical (unpaired) electrons. The van der Waals surface area contributed by atoms with Gasteiger partial charge in [-0.2, -0.15) is 9.78 Å². The van der Waals surface area contributed by atoms with Gasteiger partial charge in [-0.25, -0.2) is 4.98 Å². The number of benzene rings is 3. The number of carbonyl (C=O) groups excluding carboxylic acids is 1. The van der Waals surface area contributed by atoms with Crippen molar-refractivity contribution in [2.24, 2.45) is 10.8 Å². The van der Waals surface area contributed by atoms with Crippen LogP contribution in [-0.4, -0.2) is 28.4 Å². The fourth-order valence-electron chi connectivity index (χ4n) is 3.47. The van der Waals surface area contributed by atoms with Crippen LogP contribution in [0.5, 0.6) is 5.75 Å². The maximum absolute atomic E-state index is 13.3. The van der Waals surface area contributed by atoms with E-state index in [9.17, 15) is 9.59 Å². The van der Waals surface area contributed by atoms with Crippen molar-refractivity contribution in [3.8, 4) is 17.3 Å². The molecule has 33 heavy (non-hydrogen) atoms. The monoisotopic (exact) mass is 438 g/mol. The lowest BCUT2D eigenvalue weighted by Crippen LogP contribution is -2.21. The van der Waals surface area contributed by atoms with Gasteiger partial charge in [-0.1, -0.05) is 42.5 Å². The second-order valence-corrected chi connectivity index (χ2v) is 7.26. The summed E-state index contributed by atoms with van der Waals surface area (Å²) in [6.45, 7) is -0.271. The van der Waals surface area contributed by atoms with Gasteiger partial charge in [0.25, 0.3) is 11.5 Å². The Morgan fingerprint density at radius 1 is 1.06 bits per heavy atom. The smallest absolute Gasteiger partial charge is 0.282 e. The van der Waals surface area contributed by atoms with Crippen LogP contribution in [0.2, 0.25) is 0 Å². The molecular weight excluding hydrogens is 420 g/mol. The van der Waals surface area contributed by atoms with Crippen LogP contribution in [0.25, 0.3) is 33.5 Å². The number of nitrogens with zero attached hydrogens (tertiary/aromatic N) is 3. The molecule has 162 valence electrons. The molecule has 2 heterocycles. The van der Waals surface area contributed by atoms with Crippen LogP contribution in [0.15, 0.2) is 93.2 Å². The van der Waals surface area contributed by atoms with Gasteiger partial charge in [-0.3, -0.25) is 9.59 Å². The molecule has 3 aromatic carbocycles. The Hall–Kier alpha value is -4.72. The fraction of sp³-hybridized carbons (Fsp3) is 0.0400. The van der Waals surface area contributed by atoms with Crippen LogP contribution >= 0.6 is 0 Å². The van der Waals surface area contributed by atoms with Crippen molar-refractivity contribution in [1.29, 1.82) is 0 Å². The van der Waals surface area contributed by atoms with Gasteiger partial charge in [0, 0.05) is 10.9 Å². The molecule has 0 bridgehead atoms. The number of fused-ring (bicyclic) bond motifs is 2. The molecule has 2 aromatic heterocycles. The normalized spacial score (nSPS) is 11.4. The Bertz CT molecular complexity index is 1550. The van der Waals surface area contributed by atoms with Gasteiger partial charge in [-0.15, -0.1) is 0 Å². The predicted molar refractivity (Wildman–Crippen MR) is 125 cm³/mol. The number of carbonyl (C=O) groups is 1. The first-order chi connectivity index (χ1) is 16.1. The number of hydrogen-bond acceptors (Lipinski definition) is 6. The summed E-state index contributed by atoms with van der Waals surface area (Å²) in [5.74, 6) is 0.493. The summed E-state index contributed by atoms with van der Waals surface area (Å²) >= 11 is 0. The molecule has 0 fully saturated rings. The summed E-state index contributed by atoms with van der Waals surface area (Å²) in [4.78, 5) is 29.1. The zero-order valence-electron chi connectivity index (χ0n) is 17.3. The Morgan fingerprint density at radius 3 is 2.67 bits per heavy atom. The van der Waals surface area contributed by atoms with Crippen LogP contribution < -0.4 is 16.0 Å². The minimum Gasteiger partial charge on any atom is -0.483 e. The molecule has 2 N–H and O–H groups in total. The van der Waals surface area contributed by atoms with Crippen molar-refractivity contribution < 1.29 is 13.9 Å². The Kier molecular flexibility index (Phi) is 5.16. The summed E-state index contributed by atoms with van der Waals surface area (Å²) in [7, 11) is 0. The van der Waals surface area contributed by atoms with E-state index in [0.29, 0.717) is 33.6 Å². The number of aromatic nitrogens is 2. The fourth-order valence-corrected chi connectivity index (χ4v) is 3.47. The number of hydrogen-bond donors (Lipinski definition) is 1. The van der Waals surface area contributed by atoms with Crippen LogP contribution in [0, 0.1) is 0 Å². The molecule has 0 aliphatic rings. The quantitative estimate of drug-likeness (QED) is 0.407. The summed E-state index contributed by atoms with van der Waals surface area (Å²) in [5, 5.41) is 5.73. The van der Waals surface area contributed by atoms with Crippen molar-refractivity contribution in [2.75, 3.05) is 6.61 Å². The van der Waals surface area contributed by atoms with Crippen LogP contribution in [0.3, 0.4) is 0 Å². The molecule has 1 amide bonds. The molecule has 8 heteroatoms. The largest absolute Gasteiger partial charge is 0.483 e. The summed E-state index contributed by atoms with van der Waals surface area (Å²) < 4.78 is 12.6. The third-order valence-corrected chi connectivity index (χ3v) is 5.00. The molecular formula is C25H18N4O4. The summed E-state index contributed by atoms with van der Waals surface area (Å²) in [5.41, 5.74) is 6.62. The maximum Gasteiger partial charge on any atom is 0.282 e. The number of primary amides is 1. The second kappa shape index (κ2) is 8.43. The summed E-state index contributed by atoms with van der Waals surface area (Å²) in [6.07, 6.45) is 1.47. The van der Waals surface area contributed by atoms with E-state index >= 15 is 0 Å². The van der Waals surface area contributed by atoms with Crippen LogP contribution in [0.1, 0.15) is 5.56 Å². The SMILES string of the molecule is NC(=O)COc1ccccc1/C=N/n1c(-c2cc3ccccc3o2)nc2ccccc2c1=O. The highest BCUT2D eigenvalue weighted by atomic mass is 16.5. The number of ether oxygens (including phenoxy) is 1. The minimum absolute atomic E-state index is 0.265. The molecule has 0 aliphatic heterocycles. The molecule has 0 aliphatic carbocycles. The lowest BCUT2D eigenvalue weighted by atomic mass is 10.2. The Labute approximate surface area is 187 Å². The molecule has 0 atom stereocenters. The summed E-state index contributed by atoms with van der Waals surface area (Å²) in [6, 6.07) is 23.4. The zero-order valence-corrected chi connectivity index (χ0v) is 17.3. The van der Waals surface area contributed by atoms with Gasteiger partial charge in [0.15, 0.2) is 12.4 Å². The van der Waals surface area contributed by atoms with E-state index in [4.69, 9.17) is 14.9 Å². The van der Waals surface area contributed by atoms with Gasteiger partial charge in [-0.05, 0) is 36.4 Å². The molecule has 8 nitrogen and oxygen atoms in total. The highest BCUT2D eigenvalue weighted by molar-refractivity contribution is 5.86. The van der Waals surface area contributed by atoms with Crippen molar-refractivity contribution in [2.45, 2.75) is 0 Å². The van der Waals surface area contributed by atoms with Gasteiger partial charge in [0.05, 0.1) is 17.1 Å². The van der Waals surface area contributed by atoms with E-state index in [1.165, 1.54) is 10.9 Å². The van der Waals surface area contributed by atoms with E-state index in [-0.39, 0.29) is 18.0 Å². The van der Waals surface area contributed by atoms with E-state index in [1.807, 2.05) is 36.4 Å². The highest BCUT2D eigenvalue weighted by Crippen LogP contribution is 2.27. The first-order valence-electron chi connectivity index (χ1n) is 10.2. The molecule has 0 saturated heterocycles. The average Bonchev–Trinajstić information content (AvgIpc) is 3.27. The van der Waals surface area contributed by atoms with Gasteiger partial charge < -0.3 is 14.9 Å². The Balaban J connectivity index is 1.66. The first kappa shape index (κ1) is 20.2. The minimum atomic E-state index is -0.594. The van der Waals surface area contributed by atoms with Gasteiger partial charge in [0.2, 0.25) is 5.82 Å². The predicted octanol–water partition coefficient (Wildman–Crippen LogP) is 3.56. The Morgan fingerprint density at radius 2 is 1.82 bits per heavy atom. The molecule has 0 spiro atoms. The van der Waals surface area contributed by atoms with Crippen molar-refractivity contribution in [1.82, 2.24) is 9.66 Å². The average molecular weight is 438 g/mol. The van der Waals surface area contributed by atoms with E-state index in [2.05, 4.69) is 10.1 Å². The number of para-hydroxylation sites is 3. The third kappa shape index (κ3) is 3.97. The van der Waals surface area contributed by atoms with Gasteiger partial charge in [0.1, 0.15) is 11.3 Å². The number of nitrogens with two attached hydrogens (primary N) is 1. The van der Waals surface area contributed by atoms with Gasteiger partial charge >= 0.3 is 0 Å². The third-order valence-electron chi connectivity index (χ3n) is 5.00. The topological polar surface area (TPSA) is 113 Å². The lowest BCUT2D eigenvalue weighted by molar-refractivity contribution is -0.119. The molecule has 5 rings (SSSR count). The lowest BCUT2D eigenvalue weighted by Gasteiger charge is -2.09. The molecule has 5 aromatic rings. The number of furan rings is 1. The van der Waals surface area contributed by atoms with Crippen molar-refractivity contribution >= 4 is 34.0 Å². The van der Waals surface area contributed by atoms with Crippen LogP contribution in [-0.2, 0) is 4.79 Å². The number of rotatable bonds is 6. The van der Waals surface area contributed by atoms with Crippen LogP contribution in [0.4, 0.5) is 0 Å². The second-order valence-electron chi connectivity index (χ2n) is 7.26.